The maximum atomic E-state index is 6.19. The summed E-state index contributed by atoms with van der Waals surface area (Å²) in [4.78, 5) is 0. The van der Waals surface area contributed by atoms with E-state index >= 15 is 0 Å². The Morgan fingerprint density at radius 1 is 0.913 bits per heavy atom. The quantitative estimate of drug-likeness (QED) is 0.703. The molecule has 0 unspecified atom stereocenters. The summed E-state index contributed by atoms with van der Waals surface area (Å²) in [5.41, 5.74) is 0.944. The summed E-state index contributed by atoms with van der Waals surface area (Å²) >= 11 is 2.90. The van der Waals surface area contributed by atoms with Crippen molar-refractivity contribution in [2.24, 2.45) is 0 Å². The minimum atomic E-state index is -0.708. The third-order valence-electron chi connectivity index (χ3n) is 4.55. The van der Waals surface area contributed by atoms with Crippen LogP contribution in [-0.2, 0) is 44.3 Å². The van der Waals surface area contributed by atoms with E-state index in [4.69, 9.17) is 28.4 Å². The molecular formula is C16H22CrO6. The van der Waals surface area contributed by atoms with E-state index in [1.54, 1.807) is 0 Å². The van der Waals surface area contributed by atoms with E-state index in [-0.39, 0.29) is 30.5 Å². The van der Waals surface area contributed by atoms with Gasteiger partial charge in [-0.15, -0.1) is 0 Å². The van der Waals surface area contributed by atoms with Gasteiger partial charge in [0, 0.05) is 0 Å². The monoisotopic (exact) mass is 362 g/mol. The molecule has 6 atom stereocenters. The van der Waals surface area contributed by atoms with Gasteiger partial charge in [0.15, 0.2) is 0 Å². The SMILES string of the molecule is C=C1C[C@@H]([C@H]2O[C@@H]3OC(C)(C)O[C@@H]3[C@H]3OC(C)(C)O[C@H]32)O[C]1=[Cr]. The Balaban J connectivity index is 1.63. The molecule has 4 rings (SSSR count). The molecule has 6 nitrogen and oxygen atoms in total. The third-order valence-corrected chi connectivity index (χ3v) is 5.15. The van der Waals surface area contributed by atoms with E-state index < -0.39 is 17.9 Å². The second-order valence-electron chi connectivity index (χ2n) is 7.39. The molecule has 0 aromatic rings. The van der Waals surface area contributed by atoms with Crippen molar-refractivity contribution in [1.29, 1.82) is 0 Å². The number of fused-ring (bicyclic) bond motifs is 3. The van der Waals surface area contributed by atoms with Crippen molar-refractivity contribution < 1.29 is 44.3 Å². The molecule has 0 saturated carbocycles. The van der Waals surface area contributed by atoms with Crippen molar-refractivity contribution in [2.75, 3.05) is 0 Å². The molecule has 0 aromatic heterocycles. The summed E-state index contributed by atoms with van der Waals surface area (Å²) in [6, 6.07) is 0. The predicted octanol–water partition coefficient (Wildman–Crippen LogP) is 1.40. The average Bonchev–Trinajstić information content (AvgIpc) is 3.01. The first-order valence-corrected chi connectivity index (χ1v) is 8.54. The zero-order valence-corrected chi connectivity index (χ0v) is 15.0. The summed E-state index contributed by atoms with van der Waals surface area (Å²) in [7, 11) is 0. The van der Waals surface area contributed by atoms with Crippen LogP contribution >= 0.6 is 0 Å². The molecule has 128 valence electrons. The van der Waals surface area contributed by atoms with Gasteiger partial charge in [-0.2, -0.15) is 0 Å². The van der Waals surface area contributed by atoms with Gasteiger partial charge in [-0.3, -0.25) is 0 Å². The van der Waals surface area contributed by atoms with E-state index in [1.807, 2.05) is 27.7 Å². The molecule has 0 N–H and O–H groups in total. The van der Waals surface area contributed by atoms with Crippen LogP contribution in [-0.4, -0.2) is 53.0 Å². The fourth-order valence-corrected chi connectivity index (χ4v) is 4.04. The Kier molecular flexibility index (Phi) is 3.70. The van der Waals surface area contributed by atoms with Crippen LogP contribution in [0.5, 0.6) is 0 Å². The van der Waals surface area contributed by atoms with Gasteiger partial charge in [0.1, 0.15) is 0 Å². The van der Waals surface area contributed by atoms with E-state index in [2.05, 4.69) is 22.4 Å². The molecule has 0 bridgehead atoms. The van der Waals surface area contributed by atoms with Gasteiger partial charge in [0.05, 0.1) is 0 Å². The normalized spacial score (nSPS) is 47.7. The van der Waals surface area contributed by atoms with Crippen LogP contribution in [0.15, 0.2) is 12.2 Å². The molecule has 23 heavy (non-hydrogen) atoms. The molecule has 4 aliphatic heterocycles. The van der Waals surface area contributed by atoms with Crippen LogP contribution in [0, 0.1) is 0 Å². The van der Waals surface area contributed by atoms with Crippen molar-refractivity contribution >= 4 is 4.57 Å². The molecule has 4 fully saturated rings. The summed E-state index contributed by atoms with van der Waals surface area (Å²) in [6.07, 6.45) is -1.10. The summed E-state index contributed by atoms with van der Waals surface area (Å²) < 4.78 is 36.9. The van der Waals surface area contributed by atoms with E-state index in [0.717, 1.165) is 10.1 Å². The van der Waals surface area contributed by atoms with Gasteiger partial charge in [-0.1, -0.05) is 0 Å². The first kappa shape index (κ1) is 16.4. The molecule has 0 spiro atoms. The molecular weight excluding hydrogens is 340 g/mol. The van der Waals surface area contributed by atoms with Gasteiger partial charge in [-0.25, -0.2) is 0 Å². The summed E-state index contributed by atoms with van der Waals surface area (Å²) in [5, 5.41) is 0. The van der Waals surface area contributed by atoms with Crippen LogP contribution in [0.2, 0.25) is 0 Å². The summed E-state index contributed by atoms with van der Waals surface area (Å²) in [6.45, 7) is 11.6. The topological polar surface area (TPSA) is 55.4 Å². The zero-order valence-electron chi connectivity index (χ0n) is 13.7. The Labute approximate surface area is 144 Å². The molecule has 7 heteroatoms. The number of rotatable bonds is 1. The van der Waals surface area contributed by atoms with E-state index in [9.17, 15) is 0 Å². The Bertz CT molecular complexity index is 543. The average molecular weight is 362 g/mol. The molecule has 4 heterocycles. The van der Waals surface area contributed by atoms with Crippen molar-refractivity contribution in [2.45, 2.75) is 82.5 Å². The first-order valence-electron chi connectivity index (χ1n) is 7.91. The number of ether oxygens (including phenoxy) is 6. The Morgan fingerprint density at radius 2 is 1.48 bits per heavy atom. The molecule has 0 radical (unpaired) electrons. The molecule has 4 aliphatic rings. The van der Waals surface area contributed by atoms with Gasteiger partial charge >= 0.3 is 143 Å². The molecule has 0 aliphatic carbocycles. The number of hydrogen-bond donors (Lipinski definition) is 0. The second-order valence-corrected chi connectivity index (χ2v) is 7.96. The standard InChI is InChI=1S/C16H22O6.Cr/c1-8-6-9(17-7-8)10-11-12(20-15(2,3)19-11)13-14(18-10)22-16(4,5)21-13;/h9-14H,1,6H2,2-5H3;/t9-,10+,11-,12-,13+,14+;/m0./s1. The maximum absolute atomic E-state index is 6.19. The number of hydrogen-bond acceptors (Lipinski definition) is 6. The van der Waals surface area contributed by atoms with Crippen LogP contribution in [0.4, 0.5) is 0 Å². The van der Waals surface area contributed by atoms with Crippen LogP contribution < -0.4 is 0 Å². The van der Waals surface area contributed by atoms with E-state index in [0.29, 0.717) is 6.42 Å². The second kappa shape index (κ2) is 5.20. The van der Waals surface area contributed by atoms with E-state index in [1.165, 1.54) is 0 Å². The molecule has 4 saturated heterocycles. The van der Waals surface area contributed by atoms with Gasteiger partial charge in [0.2, 0.25) is 0 Å². The van der Waals surface area contributed by atoms with Crippen molar-refractivity contribution in [1.82, 2.24) is 0 Å². The van der Waals surface area contributed by atoms with Gasteiger partial charge in [0.25, 0.3) is 0 Å². The van der Waals surface area contributed by atoms with Gasteiger partial charge < -0.3 is 0 Å². The van der Waals surface area contributed by atoms with Gasteiger partial charge in [-0.05, 0) is 0 Å². The summed E-state index contributed by atoms with van der Waals surface area (Å²) in [5.74, 6) is -1.40. The third kappa shape index (κ3) is 2.78. The first-order chi connectivity index (χ1) is 10.7. The molecule has 0 amide bonds. The van der Waals surface area contributed by atoms with Crippen LogP contribution in [0.25, 0.3) is 0 Å². The van der Waals surface area contributed by atoms with Crippen molar-refractivity contribution in [3.63, 3.8) is 0 Å². The minimum absolute atomic E-state index is 0.169. The fourth-order valence-electron chi connectivity index (χ4n) is 3.71. The fraction of sp³-hybridized carbons (Fsp3) is 0.812. The van der Waals surface area contributed by atoms with Crippen molar-refractivity contribution in [3.8, 4) is 0 Å². The van der Waals surface area contributed by atoms with Crippen molar-refractivity contribution in [3.05, 3.63) is 12.2 Å². The van der Waals surface area contributed by atoms with Crippen LogP contribution in [0.1, 0.15) is 34.1 Å². The predicted molar refractivity (Wildman–Crippen MR) is 76.2 cm³/mol. The Morgan fingerprint density at radius 3 is 2.09 bits per heavy atom. The zero-order chi connectivity index (χ0) is 16.6. The van der Waals surface area contributed by atoms with Crippen LogP contribution in [0.3, 0.4) is 0 Å². The Hall–Kier alpha value is -0.0975. The molecule has 0 aromatic carbocycles.